The molecule has 1 aliphatic rings. The summed E-state index contributed by atoms with van der Waals surface area (Å²) in [7, 11) is 0. The van der Waals surface area contributed by atoms with Crippen molar-refractivity contribution in [1.82, 2.24) is 5.06 Å². The lowest BCUT2D eigenvalue weighted by Gasteiger charge is -2.38. The van der Waals surface area contributed by atoms with Gasteiger partial charge in [0.2, 0.25) is 11.9 Å². The molecule has 1 heterocycles. The summed E-state index contributed by atoms with van der Waals surface area (Å²) in [4.78, 5) is 14.0. The predicted octanol–water partition coefficient (Wildman–Crippen LogP) is 2.67. The van der Waals surface area contributed by atoms with Crippen LogP contribution in [0.2, 0.25) is 10.0 Å². The van der Waals surface area contributed by atoms with E-state index in [-0.39, 0.29) is 11.9 Å². The van der Waals surface area contributed by atoms with Crippen LogP contribution in [0.5, 0.6) is 0 Å². The Hall–Kier alpha value is -1.50. The lowest BCUT2D eigenvalue weighted by molar-refractivity contribution is -0.191. The molecule has 6 nitrogen and oxygen atoms in total. The number of aliphatic imine (C=N–C) groups is 2. The third kappa shape index (κ3) is 3.23. The van der Waals surface area contributed by atoms with Gasteiger partial charge in [0.25, 0.3) is 0 Å². The summed E-state index contributed by atoms with van der Waals surface area (Å²) >= 11 is 12.2. The number of nitrogens with two attached hydrogens (primary N) is 2. The standard InChI is InChI=1S/C13H17Cl2N5O/c1-7(8-5-4-6-9(14)10(8)15)21-20-12(17)18-11(16)19-13(20,2)3/h4-7H,1-3H3,(H4,16,17,18,19). The van der Waals surface area contributed by atoms with Gasteiger partial charge in [0.1, 0.15) is 6.10 Å². The lowest BCUT2D eigenvalue weighted by atomic mass is 10.1. The van der Waals surface area contributed by atoms with Crippen LogP contribution in [0, 0.1) is 0 Å². The van der Waals surface area contributed by atoms with Gasteiger partial charge in [0, 0.05) is 5.56 Å². The first-order valence-corrected chi connectivity index (χ1v) is 7.08. The van der Waals surface area contributed by atoms with E-state index in [0.717, 1.165) is 5.56 Å². The number of hydrogen-bond donors (Lipinski definition) is 2. The van der Waals surface area contributed by atoms with Gasteiger partial charge in [-0.05, 0) is 26.8 Å². The Morgan fingerprint density at radius 1 is 1.29 bits per heavy atom. The zero-order valence-electron chi connectivity index (χ0n) is 12.0. The molecule has 0 fully saturated rings. The van der Waals surface area contributed by atoms with Gasteiger partial charge in [0.15, 0.2) is 5.66 Å². The second-order valence-electron chi connectivity index (χ2n) is 5.12. The van der Waals surface area contributed by atoms with Crippen molar-refractivity contribution in [3.05, 3.63) is 33.8 Å². The van der Waals surface area contributed by atoms with Crippen molar-refractivity contribution < 1.29 is 4.84 Å². The number of hydrogen-bond acceptors (Lipinski definition) is 6. The lowest BCUT2D eigenvalue weighted by Crippen LogP contribution is -2.53. The molecule has 0 aromatic heterocycles. The van der Waals surface area contributed by atoms with Gasteiger partial charge in [-0.15, -0.1) is 0 Å². The molecule has 0 bridgehead atoms. The molecule has 1 unspecified atom stereocenters. The summed E-state index contributed by atoms with van der Waals surface area (Å²) in [6, 6.07) is 5.35. The smallest absolute Gasteiger partial charge is 0.226 e. The minimum atomic E-state index is -0.769. The third-order valence-corrected chi connectivity index (χ3v) is 3.84. The van der Waals surface area contributed by atoms with E-state index in [2.05, 4.69) is 9.98 Å². The van der Waals surface area contributed by atoms with Crippen LogP contribution in [0.3, 0.4) is 0 Å². The number of hydroxylamine groups is 2. The summed E-state index contributed by atoms with van der Waals surface area (Å²) in [6.07, 6.45) is -0.390. The van der Waals surface area contributed by atoms with Crippen LogP contribution in [0.15, 0.2) is 28.2 Å². The maximum atomic E-state index is 6.20. The second-order valence-corrected chi connectivity index (χ2v) is 5.90. The molecule has 1 aliphatic heterocycles. The maximum Gasteiger partial charge on any atom is 0.226 e. The fourth-order valence-corrected chi connectivity index (χ4v) is 2.49. The van der Waals surface area contributed by atoms with E-state index in [9.17, 15) is 0 Å². The molecule has 8 heteroatoms. The van der Waals surface area contributed by atoms with Gasteiger partial charge >= 0.3 is 0 Å². The minimum Gasteiger partial charge on any atom is -0.368 e. The van der Waals surface area contributed by atoms with Gasteiger partial charge in [0.05, 0.1) is 10.0 Å². The largest absolute Gasteiger partial charge is 0.368 e. The molecule has 1 aromatic carbocycles. The highest BCUT2D eigenvalue weighted by Gasteiger charge is 2.34. The molecular formula is C13H17Cl2N5O. The monoisotopic (exact) mass is 329 g/mol. The van der Waals surface area contributed by atoms with Crippen molar-refractivity contribution in [1.29, 1.82) is 0 Å². The summed E-state index contributed by atoms with van der Waals surface area (Å²) in [6.45, 7) is 5.46. The Bertz CT molecular complexity index is 615. The zero-order valence-corrected chi connectivity index (χ0v) is 13.5. The summed E-state index contributed by atoms with van der Waals surface area (Å²) in [5, 5.41) is 2.32. The van der Waals surface area contributed by atoms with E-state index in [1.165, 1.54) is 5.06 Å². The van der Waals surface area contributed by atoms with Gasteiger partial charge in [-0.25, -0.2) is 4.99 Å². The van der Waals surface area contributed by atoms with Gasteiger partial charge in [-0.2, -0.15) is 10.1 Å². The Morgan fingerprint density at radius 3 is 2.57 bits per heavy atom. The minimum absolute atomic E-state index is 0.116. The first-order valence-electron chi connectivity index (χ1n) is 6.33. The molecule has 0 spiro atoms. The second kappa shape index (κ2) is 5.71. The van der Waals surface area contributed by atoms with E-state index in [1.54, 1.807) is 12.1 Å². The van der Waals surface area contributed by atoms with Crippen molar-refractivity contribution in [3.63, 3.8) is 0 Å². The van der Waals surface area contributed by atoms with Crippen LogP contribution in [0.1, 0.15) is 32.4 Å². The van der Waals surface area contributed by atoms with Crippen molar-refractivity contribution in [2.75, 3.05) is 0 Å². The van der Waals surface area contributed by atoms with Crippen LogP contribution in [0.25, 0.3) is 0 Å². The van der Waals surface area contributed by atoms with E-state index in [4.69, 9.17) is 39.5 Å². The van der Waals surface area contributed by atoms with Gasteiger partial charge in [-0.1, -0.05) is 35.3 Å². The van der Waals surface area contributed by atoms with Crippen LogP contribution >= 0.6 is 23.2 Å². The molecule has 0 radical (unpaired) electrons. The average molecular weight is 330 g/mol. The van der Waals surface area contributed by atoms with Crippen LogP contribution < -0.4 is 11.5 Å². The molecule has 0 saturated carbocycles. The van der Waals surface area contributed by atoms with Crippen molar-refractivity contribution in [3.8, 4) is 0 Å². The third-order valence-electron chi connectivity index (χ3n) is 3.01. The Labute approximate surface area is 133 Å². The van der Waals surface area contributed by atoms with Crippen molar-refractivity contribution in [2.24, 2.45) is 21.5 Å². The van der Waals surface area contributed by atoms with Crippen molar-refractivity contribution in [2.45, 2.75) is 32.5 Å². The highest BCUT2D eigenvalue weighted by Crippen LogP contribution is 2.33. The first kappa shape index (κ1) is 15.9. The van der Waals surface area contributed by atoms with E-state index >= 15 is 0 Å². The number of halogens is 2. The van der Waals surface area contributed by atoms with Crippen LogP contribution in [-0.4, -0.2) is 22.6 Å². The quantitative estimate of drug-likeness (QED) is 0.892. The highest BCUT2D eigenvalue weighted by molar-refractivity contribution is 6.42. The SMILES string of the molecule is CC(ON1C(N)=NC(N)=NC1(C)C)c1cccc(Cl)c1Cl. The predicted molar refractivity (Wildman–Crippen MR) is 85.1 cm³/mol. The first-order chi connectivity index (χ1) is 9.72. The summed E-state index contributed by atoms with van der Waals surface area (Å²) in [5.74, 6) is 0.253. The number of nitrogens with zero attached hydrogens (tertiary/aromatic N) is 3. The molecule has 4 N–H and O–H groups in total. The molecule has 2 rings (SSSR count). The Balaban J connectivity index is 2.25. The van der Waals surface area contributed by atoms with Gasteiger partial charge in [-0.3, -0.25) is 4.84 Å². The molecule has 1 atom stereocenters. The molecule has 21 heavy (non-hydrogen) atoms. The molecular weight excluding hydrogens is 313 g/mol. The molecule has 0 saturated heterocycles. The molecule has 0 amide bonds. The number of rotatable bonds is 3. The number of benzene rings is 1. The Kier molecular flexibility index (Phi) is 4.32. The van der Waals surface area contributed by atoms with Gasteiger partial charge < -0.3 is 11.5 Å². The number of guanidine groups is 2. The fourth-order valence-electron chi connectivity index (χ4n) is 2.03. The normalized spacial score (nSPS) is 19.0. The molecule has 114 valence electrons. The van der Waals surface area contributed by atoms with E-state index < -0.39 is 11.8 Å². The molecule has 0 aliphatic carbocycles. The molecule has 1 aromatic rings. The highest BCUT2D eigenvalue weighted by atomic mass is 35.5. The average Bonchev–Trinajstić information content (AvgIpc) is 2.36. The summed E-state index contributed by atoms with van der Waals surface area (Å²) in [5.41, 5.74) is 11.5. The zero-order chi connectivity index (χ0) is 15.8. The van der Waals surface area contributed by atoms with E-state index in [1.807, 2.05) is 26.8 Å². The summed E-state index contributed by atoms with van der Waals surface area (Å²) < 4.78 is 0. The van der Waals surface area contributed by atoms with Crippen LogP contribution in [0.4, 0.5) is 0 Å². The van der Waals surface area contributed by atoms with Crippen LogP contribution in [-0.2, 0) is 4.84 Å². The maximum absolute atomic E-state index is 6.20. The van der Waals surface area contributed by atoms with Crippen molar-refractivity contribution >= 4 is 35.1 Å². The topological polar surface area (TPSA) is 89.2 Å². The van der Waals surface area contributed by atoms with E-state index in [0.29, 0.717) is 10.0 Å². The fraction of sp³-hybridized carbons (Fsp3) is 0.385. The Morgan fingerprint density at radius 2 is 1.95 bits per heavy atom.